The Labute approximate surface area is 435 Å². The molecule has 0 aromatic heterocycles. The van der Waals surface area contributed by atoms with Gasteiger partial charge in [0, 0.05) is 13.0 Å². The Balaban J connectivity index is 3.76. The molecule has 0 saturated heterocycles. The number of aliphatic hydroxyl groups excluding tert-OH is 2. The second kappa shape index (κ2) is 57.7. The summed E-state index contributed by atoms with van der Waals surface area (Å²) in [7, 11) is -4.52. The number of rotatable bonds is 61. The van der Waals surface area contributed by atoms with Crippen LogP contribution in [0.1, 0.15) is 335 Å². The molecule has 0 spiro atoms. The number of hydrogen-bond donors (Lipinski definition) is 3. The van der Waals surface area contributed by atoms with Gasteiger partial charge in [-0.2, -0.15) is 0 Å². The fourth-order valence-electron chi connectivity index (χ4n) is 9.60. The predicted octanol–water partition coefficient (Wildman–Crippen LogP) is 18.9. The monoisotopic (exact) mass is 1020 g/mol. The van der Waals surface area contributed by atoms with Crippen LogP contribution in [-0.4, -0.2) is 66.3 Å². The van der Waals surface area contributed by atoms with E-state index in [0.29, 0.717) is 6.61 Å². The van der Waals surface area contributed by atoms with E-state index in [1.54, 1.807) is 0 Å². The van der Waals surface area contributed by atoms with Crippen LogP contribution in [-0.2, 0) is 27.9 Å². The third-order valence-electron chi connectivity index (χ3n) is 14.3. The molecule has 0 aromatic carbocycles. The molecule has 0 aliphatic heterocycles. The Morgan fingerprint density at radius 1 is 0.386 bits per heavy atom. The summed E-state index contributed by atoms with van der Waals surface area (Å²) in [5.74, 6) is -0.371. The van der Waals surface area contributed by atoms with Crippen LogP contribution in [0.2, 0.25) is 0 Å². The maximum atomic E-state index is 12.7. The van der Waals surface area contributed by atoms with Crippen LogP contribution in [0.5, 0.6) is 0 Å². The van der Waals surface area contributed by atoms with E-state index in [-0.39, 0.29) is 25.6 Å². The molecule has 0 aliphatic rings. The van der Waals surface area contributed by atoms with Gasteiger partial charge in [-0.3, -0.25) is 13.8 Å². The summed E-state index contributed by atoms with van der Waals surface area (Å²) in [6.45, 7) is 3.61. The van der Waals surface area contributed by atoms with Crippen molar-refractivity contribution in [2.75, 3.05) is 33.0 Å². The Bertz CT molecular complexity index is 1060. The van der Waals surface area contributed by atoms with Crippen molar-refractivity contribution >= 4 is 13.8 Å². The van der Waals surface area contributed by atoms with E-state index in [9.17, 15) is 19.4 Å². The summed E-state index contributed by atoms with van der Waals surface area (Å²) in [5, 5.41) is 18.4. The van der Waals surface area contributed by atoms with Gasteiger partial charge in [0.2, 0.25) is 0 Å². The largest absolute Gasteiger partial charge is 0.472 e. The highest BCUT2D eigenvalue weighted by atomic mass is 31.2. The first-order chi connectivity index (χ1) is 34.3. The lowest BCUT2D eigenvalue weighted by atomic mass is 10.0. The van der Waals surface area contributed by atoms with Crippen molar-refractivity contribution in [2.45, 2.75) is 347 Å². The highest BCUT2D eigenvalue weighted by Gasteiger charge is 2.26. The zero-order valence-electron chi connectivity index (χ0n) is 46.8. The van der Waals surface area contributed by atoms with Crippen molar-refractivity contribution in [3.63, 3.8) is 0 Å². The molecule has 70 heavy (non-hydrogen) atoms. The van der Waals surface area contributed by atoms with Crippen LogP contribution in [0.25, 0.3) is 0 Å². The van der Waals surface area contributed by atoms with E-state index in [1.807, 2.05) is 0 Å². The van der Waals surface area contributed by atoms with Crippen molar-refractivity contribution in [1.29, 1.82) is 0 Å². The Kier molecular flexibility index (Phi) is 57.3. The van der Waals surface area contributed by atoms with Gasteiger partial charge in [0.05, 0.1) is 26.4 Å². The molecule has 0 aliphatic carbocycles. The summed E-state index contributed by atoms with van der Waals surface area (Å²) in [6.07, 6.45) is 64.1. The van der Waals surface area contributed by atoms with Gasteiger partial charge in [-0.1, -0.05) is 316 Å². The lowest BCUT2D eigenvalue weighted by Crippen LogP contribution is -2.29. The first-order valence-corrected chi connectivity index (χ1v) is 32.5. The summed E-state index contributed by atoms with van der Waals surface area (Å²) >= 11 is 0. The van der Waals surface area contributed by atoms with Crippen molar-refractivity contribution < 1.29 is 43.0 Å². The number of phosphoric ester groups is 1. The van der Waals surface area contributed by atoms with E-state index in [0.717, 1.165) is 32.1 Å². The summed E-state index contributed by atoms with van der Waals surface area (Å²) < 4.78 is 33.6. The van der Waals surface area contributed by atoms with Gasteiger partial charge in [0.25, 0.3) is 0 Å². The topological polar surface area (TPSA) is 132 Å². The van der Waals surface area contributed by atoms with Crippen LogP contribution in [0.3, 0.4) is 0 Å². The van der Waals surface area contributed by atoms with Gasteiger partial charge in [-0.15, -0.1) is 0 Å². The number of esters is 1. The fraction of sp³-hybridized carbons (Fsp3) is 0.983. The third-order valence-corrected chi connectivity index (χ3v) is 15.2. The number of carbonyl (C=O) groups is 1. The molecule has 3 N–H and O–H groups in total. The molecule has 1 unspecified atom stereocenters. The van der Waals surface area contributed by atoms with Crippen LogP contribution in [0.4, 0.5) is 0 Å². The van der Waals surface area contributed by atoms with Crippen LogP contribution in [0.15, 0.2) is 0 Å². The minimum atomic E-state index is -4.52. The molecular formula is C60H121O9P. The predicted molar refractivity (Wildman–Crippen MR) is 298 cm³/mol. The van der Waals surface area contributed by atoms with Crippen LogP contribution in [0, 0.1) is 0 Å². The van der Waals surface area contributed by atoms with E-state index in [1.165, 1.54) is 283 Å². The molecule has 10 heteroatoms. The second-order valence-electron chi connectivity index (χ2n) is 21.5. The number of aliphatic hydroxyl groups is 2. The lowest BCUT2D eigenvalue weighted by molar-refractivity contribution is -0.154. The standard InChI is InChI=1S/C60H121O9P/c1-3-5-7-9-11-13-15-17-19-20-21-22-23-24-25-26-27-28-29-30-31-32-33-34-35-36-37-38-39-40-42-44-46-48-50-52-60(63)69-59(57-68-70(64,65)67-55-58(62)54-61)56-66-53-51-49-47-45-43-41-18-16-14-12-10-8-6-4-2/h58-59,61-62H,3-57H2,1-2H3,(H,64,65)/t58-,59+/m0/s1. The Morgan fingerprint density at radius 2 is 0.643 bits per heavy atom. The smallest absolute Gasteiger partial charge is 0.457 e. The molecule has 0 bridgehead atoms. The number of hydrogen-bond acceptors (Lipinski definition) is 8. The molecular weight excluding hydrogens is 896 g/mol. The molecule has 420 valence electrons. The van der Waals surface area contributed by atoms with E-state index in [4.69, 9.17) is 23.6 Å². The molecule has 3 atom stereocenters. The zero-order chi connectivity index (χ0) is 51.0. The molecule has 0 rings (SSSR count). The van der Waals surface area contributed by atoms with Crippen LogP contribution < -0.4 is 0 Å². The van der Waals surface area contributed by atoms with Gasteiger partial charge in [-0.25, -0.2) is 4.57 Å². The Hall–Kier alpha value is -0.540. The maximum Gasteiger partial charge on any atom is 0.472 e. The van der Waals surface area contributed by atoms with Gasteiger partial charge < -0.3 is 24.6 Å². The number of phosphoric acid groups is 1. The van der Waals surface area contributed by atoms with Gasteiger partial charge in [0.15, 0.2) is 0 Å². The van der Waals surface area contributed by atoms with E-state index >= 15 is 0 Å². The third kappa shape index (κ3) is 56.8. The summed E-state index contributed by atoms with van der Waals surface area (Å²) in [4.78, 5) is 22.8. The first-order valence-electron chi connectivity index (χ1n) is 31.0. The quantitative estimate of drug-likeness (QED) is 0.0309. The normalized spacial score (nSPS) is 13.5. The van der Waals surface area contributed by atoms with Crippen LogP contribution >= 0.6 is 7.82 Å². The minimum Gasteiger partial charge on any atom is -0.457 e. The molecule has 0 saturated carbocycles. The number of carbonyl (C=O) groups excluding carboxylic acids is 1. The molecule has 0 radical (unpaired) electrons. The SMILES string of the molecule is CCCCCCCCCCCCCCCCCCCCCCCCCCCCCCCCCCCCCC(=O)O[C@H](COCCCCCCCCCCCCCCCC)COP(=O)(O)OC[C@@H](O)CO. The minimum absolute atomic E-state index is 0.0587. The lowest BCUT2D eigenvalue weighted by Gasteiger charge is -2.20. The highest BCUT2D eigenvalue weighted by Crippen LogP contribution is 2.43. The molecule has 9 nitrogen and oxygen atoms in total. The van der Waals surface area contributed by atoms with E-state index in [2.05, 4.69) is 13.8 Å². The molecule has 0 amide bonds. The average Bonchev–Trinajstić information content (AvgIpc) is 3.35. The van der Waals surface area contributed by atoms with E-state index < -0.39 is 33.2 Å². The first kappa shape index (κ1) is 69.5. The molecule has 0 aromatic rings. The fourth-order valence-corrected chi connectivity index (χ4v) is 10.4. The van der Waals surface area contributed by atoms with Gasteiger partial charge in [-0.05, 0) is 12.8 Å². The van der Waals surface area contributed by atoms with Crippen molar-refractivity contribution in [2.24, 2.45) is 0 Å². The number of ether oxygens (including phenoxy) is 2. The Morgan fingerprint density at radius 3 is 0.929 bits per heavy atom. The van der Waals surface area contributed by atoms with Gasteiger partial charge >= 0.3 is 13.8 Å². The van der Waals surface area contributed by atoms with Crippen molar-refractivity contribution in [1.82, 2.24) is 0 Å². The highest BCUT2D eigenvalue weighted by molar-refractivity contribution is 7.47. The second-order valence-corrected chi connectivity index (χ2v) is 22.9. The molecule has 0 fully saturated rings. The van der Waals surface area contributed by atoms with Crippen molar-refractivity contribution in [3.8, 4) is 0 Å². The average molecular weight is 1020 g/mol. The van der Waals surface area contributed by atoms with Crippen molar-refractivity contribution in [3.05, 3.63) is 0 Å². The molecule has 0 heterocycles. The number of unbranched alkanes of at least 4 members (excludes halogenated alkanes) is 47. The maximum absolute atomic E-state index is 12.7. The van der Waals surface area contributed by atoms with Gasteiger partial charge in [0.1, 0.15) is 12.2 Å². The summed E-state index contributed by atoms with van der Waals surface area (Å²) in [6, 6.07) is 0. The zero-order valence-corrected chi connectivity index (χ0v) is 47.7. The summed E-state index contributed by atoms with van der Waals surface area (Å²) in [5.41, 5.74) is 0.